The lowest BCUT2D eigenvalue weighted by Crippen LogP contribution is -2.21. The van der Waals surface area contributed by atoms with Gasteiger partial charge in [0.1, 0.15) is 0 Å². The van der Waals surface area contributed by atoms with Crippen molar-refractivity contribution in [3.8, 4) is 5.69 Å². The normalized spacial score (nSPS) is 12.5. The molecule has 5 heteroatoms. The maximum atomic E-state index is 6.13. The summed E-state index contributed by atoms with van der Waals surface area (Å²) in [4.78, 5) is 0. The van der Waals surface area contributed by atoms with E-state index >= 15 is 0 Å². The van der Waals surface area contributed by atoms with Crippen molar-refractivity contribution in [1.82, 2.24) is 9.78 Å². The zero-order valence-electron chi connectivity index (χ0n) is 11.0. The van der Waals surface area contributed by atoms with E-state index in [-0.39, 0.29) is 6.04 Å². The van der Waals surface area contributed by atoms with Crippen LogP contribution in [0.4, 0.5) is 0 Å². The highest BCUT2D eigenvalue weighted by molar-refractivity contribution is 5.33. The van der Waals surface area contributed by atoms with Crippen LogP contribution in [0.2, 0.25) is 0 Å². The van der Waals surface area contributed by atoms with Gasteiger partial charge < -0.3 is 15.2 Å². The van der Waals surface area contributed by atoms with Gasteiger partial charge in [0.05, 0.1) is 37.2 Å². The molecule has 0 amide bonds. The molecule has 1 aromatic carbocycles. The summed E-state index contributed by atoms with van der Waals surface area (Å²) in [5, 5.41) is 4.31. The highest BCUT2D eigenvalue weighted by Gasteiger charge is 2.12. The summed E-state index contributed by atoms with van der Waals surface area (Å²) in [5.74, 6) is 0. The van der Waals surface area contributed by atoms with Crippen molar-refractivity contribution in [3.63, 3.8) is 0 Å². The van der Waals surface area contributed by atoms with Crippen LogP contribution in [0.1, 0.15) is 11.7 Å². The monoisotopic (exact) mass is 261 g/mol. The predicted octanol–water partition coefficient (Wildman–Crippen LogP) is 1.54. The second kappa shape index (κ2) is 7.04. The van der Waals surface area contributed by atoms with Crippen molar-refractivity contribution in [1.29, 1.82) is 0 Å². The van der Waals surface area contributed by atoms with Gasteiger partial charge >= 0.3 is 0 Å². The molecule has 19 heavy (non-hydrogen) atoms. The second-order valence-corrected chi connectivity index (χ2v) is 4.18. The molecule has 0 saturated heterocycles. The smallest absolute Gasteiger partial charge is 0.0709 e. The molecule has 0 spiro atoms. The molecule has 0 saturated carbocycles. The molecule has 0 bridgehead atoms. The van der Waals surface area contributed by atoms with Gasteiger partial charge in [0, 0.05) is 13.3 Å². The summed E-state index contributed by atoms with van der Waals surface area (Å²) < 4.78 is 12.2. The third-order valence-corrected chi connectivity index (χ3v) is 2.78. The van der Waals surface area contributed by atoms with Gasteiger partial charge in [0.2, 0.25) is 0 Å². The minimum absolute atomic E-state index is 0.209. The highest BCUT2D eigenvalue weighted by Crippen LogP contribution is 2.15. The SMILES string of the molecule is COCCOCC(N)c1ccnn1-c1ccccc1. The van der Waals surface area contributed by atoms with Crippen LogP contribution in [0, 0.1) is 0 Å². The quantitative estimate of drug-likeness (QED) is 0.768. The third kappa shape index (κ3) is 3.64. The summed E-state index contributed by atoms with van der Waals surface area (Å²) in [6.45, 7) is 1.57. The fourth-order valence-corrected chi connectivity index (χ4v) is 1.82. The number of hydrogen-bond acceptors (Lipinski definition) is 4. The fraction of sp³-hybridized carbons (Fsp3) is 0.357. The Morgan fingerprint density at radius 2 is 2.00 bits per heavy atom. The van der Waals surface area contributed by atoms with Gasteiger partial charge in [-0.1, -0.05) is 18.2 Å². The fourth-order valence-electron chi connectivity index (χ4n) is 1.82. The lowest BCUT2D eigenvalue weighted by molar-refractivity contribution is 0.0628. The molecule has 0 radical (unpaired) electrons. The summed E-state index contributed by atoms with van der Waals surface area (Å²) in [7, 11) is 1.65. The lowest BCUT2D eigenvalue weighted by Gasteiger charge is -2.14. The Morgan fingerprint density at radius 1 is 1.21 bits per heavy atom. The Morgan fingerprint density at radius 3 is 2.74 bits per heavy atom. The standard InChI is InChI=1S/C14H19N3O2/c1-18-9-10-19-11-13(15)14-7-8-16-17(14)12-5-3-2-4-6-12/h2-8,13H,9-11,15H2,1H3. The Hall–Kier alpha value is -1.69. The van der Waals surface area contributed by atoms with Crippen LogP contribution in [-0.4, -0.2) is 36.7 Å². The number of ether oxygens (including phenoxy) is 2. The molecule has 0 aliphatic carbocycles. The second-order valence-electron chi connectivity index (χ2n) is 4.18. The van der Waals surface area contributed by atoms with E-state index in [2.05, 4.69) is 5.10 Å². The Balaban J connectivity index is 2.03. The number of nitrogens with zero attached hydrogens (tertiary/aromatic N) is 2. The zero-order valence-corrected chi connectivity index (χ0v) is 11.0. The maximum absolute atomic E-state index is 6.13. The summed E-state index contributed by atoms with van der Waals surface area (Å²) in [6, 6.07) is 11.6. The first-order valence-corrected chi connectivity index (χ1v) is 6.24. The minimum Gasteiger partial charge on any atom is -0.382 e. The van der Waals surface area contributed by atoms with Gasteiger partial charge in [0.15, 0.2) is 0 Å². The van der Waals surface area contributed by atoms with Gasteiger partial charge in [0.25, 0.3) is 0 Å². The summed E-state index contributed by atoms with van der Waals surface area (Å²) in [6.07, 6.45) is 1.75. The molecule has 1 unspecified atom stereocenters. The van der Waals surface area contributed by atoms with E-state index < -0.39 is 0 Å². The van der Waals surface area contributed by atoms with E-state index in [4.69, 9.17) is 15.2 Å². The van der Waals surface area contributed by atoms with E-state index in [1.165, 1.54) is 0 Å². The van der Waals surface area contributed by atoms with Gasteiger partial charge in [-0.15, -0.1) is 0 Å². The third-order valence-electron chi connectivity index (χ3n) is 2.78. The number of hydrogen-bond donors (Lipinski definition) is 1. The maximum Gasteiger partial charge on any atom is 0.0709 e. The Bertz CT molecular complexity index is 484. The summed E-state index contributed by atoms with van der Waals surface area (Å²) in [5.41, 5.74) is 8.06. The van der Waals surface area contributed by atoms with E-state index in [1.807, 2.05) is 41.1 Å². The number of rotatable bonds is 7. The highest BCUT2D eigenvalue weighted by atomic mass is 16.5. The lowest BCUT2D eigenvalue weighted by atomic mass is 10.2. The van der Waals surface area contributed by atoms with Crippen molar-refractivity contribution >= 4 is 0 Å². The van der Waals surface area contributed by atoms with Gasteiger partial charge in [-0.05, 0) is 18.2 Å². The summed E-state index contributed by atoms with van der Waals surface area (Å²) >= 11 is 0. The van der Waals surface area contributed by atoms with Crippen LogP contribution in [0.15, 0.2) is 42.6 Å². The molecule has 2 N–H and O–H groups in total. The van der Waals surface area contributed by atoms with Crippen LogP contribution in [0.25, 0.3) is 5.69 Å². The van der Waals surface area contributed by atoms with Crippen molar-refractivity contribution in [2.45, 2.75) is 6.04 Å². The van der Waals surface area contributed by atoms with Crippen LogP contribution in [-0.2, 0) is 9.47 Å². The van der Waals surface area contributed by atoms with Gasteiger partial charge in [-0.25, -0.2) is 4.68 Å². The molecular weight excluding hydrogens is 242 g/mol. The average Bonchev–Trinajstić information content (AvgIpc) is 2.94. The molecular formula is C14H19N3O2. The van der Waals surface area contributed by atoms with Crippen LogP contribution in [0.3, 0.4) is 0 Å². The average molecular weight is 261 g/mol. The van der Waals surface area contributed by atoms with E-state index in [0.717, 1.165) is 11.4 Å². The molecule has 1 aromatic heterocycles. The number of benzene rings is 1. The van der Waals surface area contributed by atoms with Gasteiger partial charge in [-0.3, -0.25) is 0 Å². The van der Waals surface area contributed by atoms with Crippen molar-refractivity contribution in [2.75, 3.05) is 26.9 Å². The van der Waals surface area contributed by atoms with Crippen molar-refractivity contribution in [2.24, 2.45) is 5.73 Å². The predicted molar refractivity (Wildman–Crippen MR) is 73.2 cm³/mol. The van der Waals surface area contributed by atoms with Crippen LogP contribution in [0.5, 0.6) is 0 Å². The van der Waals surface area contributed by atoms with Gasteiger partial charge in [-0.2, -0.15) is 5.10 Å². The molecule has 1 atom stereocenters. The minimum atomic E-state index is -0.209. The van der Waals surface area contributed by atoms with Crippen molar-refractivity contribution < 1.29 is 9.47 Å². The Labute approximate surface area is 112 Å². The molecule has 0 fully saturated rings. The van der Waals surface area contributed by atoms with Crippen molar-refractivity contribution in [3.05, 3.63) is 48.3 Å². The number of aromatic nitrogens is 2. The number of para-hydroxylation sites is 1. The van der Waals surface area contributed by atoms with Crippen LogP contribution < -0.4 is 5.73 Å². The molecule has 2 aromatic rings. The number of methoxy groups -OCH3 is 1. The molecule has 0 aliphatic heterocycles. The van der Waals surface area contributed by atoms with E-state index in [0.29, 0.717) is 19.8 Å². The first-order chi connectivity index (χ1) is 9.33. The number of nitrogens with two attached hydrogens (primary N) is 1. The molecule has 102 valence electrons. The molecule has 0 aliphatic rings. The van der Waals surface area contributed by atoms with E-state index in [9.17, 15) is 0 Å². The largest absolute Gasteiger partial charge is 0.382 e. The van der Waals surface area contributed by atoms with E-state index in [1.54, 1.807) is 13.3 Å². The van der Waals surface area contributed by atoms with Crippen LogP contribution >= 0.6 is 0 Å². The molecule has 2 rings (SSSR count). The first kappa shape index (κ1) is 13.7. The first-order valence-electron chi connectivity index (χ1n) is 6.24. The Kier molecular flexibility index (Phi) is 5.09. The zero-order chi connectivity index (χ0) is 13.5. The topological polar surface area (TPSA) is 62.3 Å². The molecule has 1 heterocycles. The molecule has 5 nitrogen and oxygen atoms in total.